The number of rotatable bonds is 3. The second-order valence-corrected chi connectivity index (χ2v) is 5.81. The van der Waals surface area contributed by atoms with Gasteiger partial charge in [0.25, 0.3) is 0 Å². The Kier molecular flexibility index (Phi) is 3.72. The van der Waals surface area contributed by atoms with Gasteiger partial charge in [-0.3, -0.25) is 9.79 Å². The Morgan fingerprint density at radius 1 is 1.52 bits per heavy atom. The number of carbonyl (C=O) groups is 1. The maximum Gasteiger partial charge on any atom is 0.308 e. The fourth-order valence-corrected chi connectivity index (χ4v) is 3.02. The van der Waals surface area contributed by atoms with Gasteiger partial charge in [0.15, 0.2) is 0 Å². The number of H-pyrrole nitrogens is 1. The molecule has 0 radical (unpaired) electrons. The van der Waals surface area contributed by atoms with Crippen LogP contribution in [0.15, 0.2) is 23.2 Å². The summed E-state index contributed by atoms with van der Waals surface area (Å²) in [5.41, 5.74) is 4.29. The molecule has 0 amide bonds. The van der Waals surface area contributed by atoms with Crippen LogP contribution in [0.1, 0.15) is 24.6 Å². The van der Waals surface area contributed by atoms with Gasteiger partial charge in [0.1, 0.15) is 0 Å². The maximum absolute atomic E-state index is 11.6. The summed E-state index contributed by atoms with van der Waals surface area (Å²) < 4.78 is 4.79. The topological polar surface area (TPSA) is 54.4 Å². The van der Waals surface area contributed by atoms with Crippen molar-refractivity contribution in [2.75, 3.05) is 13.7 Å². The standard InChI is InChI=1S/C16H17ClN2O2/c1-9(16(20)21-2)7-14-15-11(5-6-18-14)12-8-10(17)3-4-13(12)19-15/h3-4,8-9,19H,5-7H2,1-2H3. The summed E-state index contributed by atoms with van der Waals surface area (Å²) >= 11 is 6.09. The van der Waals surface area contributed by atoms with E-state index < -0.39 is 0 Å². The van der Waals surface area contributed by atoms with E-state index in [0.29, 0.717) is 6.42 Å². The number of ether oxygens (including phenoxy) is 1. The smallest absolute Gasteiger partial charge is 0.308 e. The van der Waals surface area contributed by atoms with Crippen molar-refractivity contribution in [1.82, 2.24) is 4.98 Å². The molecule has 0 bridgehead atoms. The van der Waals surface area contributed by atoms with Crippen molar-refractivity contribution in [1.29, 1.82) is 0 Å². The van der Waals surface area contributed by atoms with Crippen molar-refractivity contribution in [3.8, 4) is 0 Å². The molecule has 1 aliphatic rings. The second kappa shape index (κ2) is 5.53. The lowest BCUT2D eigenvalue weighted by Gasteiger charge is -2.16. The van der Waals surface area contributed by atoms with Crippen LogP contribution in [0.25, 0.3) is 10.9 Å². The van der Waals surface area contributed by atoms with Gasteiger partial charge in [0.2, 0.25) is 0 Å². The summed E-state index contributed by atoms with van der Waals surface area (Å²) in [6.07, 6.45) is 1.48. The summed E-state index contributed by atoms with van der Waals surface area (Å²) in [5.74, 6) is -0.404. The van der Waals surface area contributed by atoms with Crippen LogP contribution in [0, 0.1) is 5.92 Å². The van der Waals surface area contributed by atoms with Crippen molar-refractivity contribution in [3.63, 3.8) is 0 Å². The zero-order valence-electron chi connectivity index (χ0n) is 12.1. The van der Waals surface area contributed by atoms with E-state index in [1.807, 2.05) is 25.1 Å². The van der Waals surface area contributed by atoms with E-state index in [4.69, 9.17) is 16.3 Å². The number of halogens is 1. The predicted octanol–water partition coefficient (Wildman–Crippen LogP) is 3.37. The van der Waals surface area contributed by atoms with Crippen LogP contribution in [0.5, 0.6) is 0 Å². The molecule has 0 aliphatic carbocycles. The van der Waals surface area contributed by atoms with Gasteiger partial charge in [0.05, 0.1) is 24.4 Å². The van der Waals surface area contributed by atoms with Crippen molar-refractivity contribution in [2.45, 2.75) is 19.8 Å². The molecule has 3 rings (SSSR count). The van der Waals surface area contributed by atoms with Gasteiger partial charge in [-0.15, -0.1) is 0 Å². The highest BCUT2D eigenvalue weighted by Gasteiger charge is 2.23. The zero-order chi connectivity index (χ0) is 15.0. The molecule has 21 heavy (non-hydrogen) atoms. The molecule has 1 atom stereocenters. The molecule has 110 valence electrons. The highest BCUT2D eigenvalue weighted by atomic mass is 35.5. The fourth-order valence-electron chi connectivity index (χ4n) is 2.85. The summed E-state index contributed by atoms with van der Waals surface area (Å²) in [7, 11) is 1.41. The maximum atomic E-state index is 11.6. The number of methoxy groups -OCH3 is 1. The first-order valence-electron chi connectivity index (χ1n) is 7.01. The lowest BCUT2D eigenvalue weighted by Crippen LogP contribution is -2.20. The molecule has 2 heterocycles. The molecule has 0 fully saturated rings. The number of fused-ring (bicyclic) bond motifs is 3. The molecule has 0 spiro atoms. The van der Waals surface area contributed by atoms with E-state index in [1.165, 1.54) is 12.7 Å². The Balaban J connectivity index is 1.98. The van der Waals surface area contributed by atoms with Gasteiger partial charge in [-0.2, -0.15) is 0 Å². The number of benzene rings is 1. The second-order valence-electron chi connectivity index (χ2n) is 5.38. The van der Waals surface area contributed by atoms with Gasteiger partial charge in [-0.1, -0.05) is 18.5 Å². The number of hydrogen-bond acceptors (Lipinski definition) is 3. The first kappa shape index (κ1) is 14.1. The molecule has 5 heteroatoms. The van der Waals surface area contributed by atoms with Crippen LogP contribution < -0.4 is 0 Å². The highest BCUT2D eigenvalue weighted by molar-refractivity contribution is 6.31. The lowest BCUT2D eigenvalue weighted by atomic mass is 9.96. The number of aromatic amines is 1. The van der Waals surface area contributed by atoms with Gasteiger partial charge in [0, 0.05) is 28.9 Å². The molecule has 1 unspecified atom stereocenters. The number of aliphatic imine (C=N–C) groups is 1. The Bertz CT molecular complexity index is 733. The minimum Gasteiger partial charge on any atom is -0.469 e. The zero-order valence-corrected chi connectivity index (χ0v) is 12.8. The molecule has 4 nitrogen and oxygen atoms in total. The first-order valence-corrected chi connectivity index (χ1v) is 7.39. The third-order valence-corrected chi connectivity index (χ3v) is 4.16. The van der Waals surface area contributed by atoms with E-state index in [0.717, 1.165) is 40.3 Å². The quantitative estimate of drug-likeness (QED) is 0.884. The molecule has 1 aromatic carbocycles. The summed E-state index contributed by atoms with van der Waals surface area (Å²) in [4.78, 5) is 19.6. The van der Waals surface area contributed by atoms with E-state index in [-0.39, 0.29) is 11.9 Å². The van der Waals surface area contributed by atoms with Crippen molar-refractivity contribution < 1.29 is 9.53 Å². The summed E-state index contributed by atoms with van der Waals surface area (Å²) in [5, 5.41) is 1.88. The van der Waals surface area contributed by atoms with Gasteiger partial charge >= 0.3 is 5.97 Å². The normalized spacial score (nSPS) is 15.5. The Hall–Kier alpha value is -1.81. The average Bonchev–Trinajstić information content (AvgIpc) is 2.85. The molecule has 1 aromatic heterocycles. The van der Waals surface area contributed by atoms with Gasteiger partial charge in [-0.05, 0) is 30.2 Å². The molecular formula is C16H17ClN2O2. The third-order valence-electron chi connectivity index (χ3n) is 3.92. The molecule has 1 N–H and O–H groups in total. The minimum atomic E-state index is -0.205. The van der Waals surface area contributed by atoms with Crippen molar-refractivity contribution in [3.05, 3.63) is 34.5 Å². The third kappa shape index (κ3) is 2.56. The number of carbonyl (C=O) groups excluding carboxylic acids is 1. The number of esters is 1. The molecule has 0 saturated carbocycles. The average molecular weight is 305 g/mol. The first-order chi connectivity index (χ1) is 10.1. The SMILES string of the molecule is COC(=O)C(C)CC1=NCCc2c1[nH]c1ccc(Cl)cc21. The fraction of sp³-hybridized carbons (Fsp3) is 0.375. The van der Waals surface area contributed by atoms with Crippen molar-refractivity contribution >= 4 is 34.2 Å². The van der Waals surface area contributed by atoms with Gasteiger partial charge in [-0.25, -0.2) is 0 Å². The minimum absolute atomic E-state index is 0.199. The van der Waals surface area contributed by atoms with Crippen LogP contribution in [0.3, 0.4) is 0 Å². The Labute approximate surface area is 128 Å². The number of nitrogens with zero attached hydrogens (tertiary/aromatic N) is 1. The Morgan fingerprint density at radius 2 is 2.33 bits per heavy atom. The molecule has 1 aliphatic heterocycles. The van der Waals surface area contributed by atoms with E-state index >= 15 is 0 Å². The van der Waals surface area contributed by atoms with E-state index in [1.54, 1.807) is 0 Å². The number of hydrogen-bond donors (Lipinski definition) is 1. The number of nitrogens with one attached hydrogen (secondary N) is 1. The van der Waals surface area contributed by atoms with Crippen molar-refractivity contribution in [2.24, 2.45) is 10.9 Å². The number of aromatic nitrogens is 1. The van der Waals surface area contributed by atoms with E-state index in [9.17, 15) is 4.79 Å². The van der Waals surface area contributed by atoms with Crippen LogP contribution in [-0.2, 0) is 16.0 Å². The Morgan fingerprint density at radius 3 is 3.10 bits per heavy atom. The molecule has 0 saturated heterocycles. The summed E-state index contributed by atoms with van der Waals surface area (Å²) in [6, 6.07) is 5.84. The molecular weight excluding hydrogens is 288 g/mol. The predicted molar refractivity (Wildman–Crippen MR) is 84.2 cm³/mol. The van der Waals surface area contributed by atoms with Gasteiger partial charge < -0.3 is 9.72 Å². The monoisotopic (exact) mass is 304 g/mol. The highest BCUT2D eigenvalue weighted by Crippen LogP contribution is 2.30. The van der Waals surface area contributed by atoms with Crippen LogP contribution >= 0.6 is 11.6 Å². The molecule has 2 aromatic rings. The van der Waals surface area contributed by atoms with Crippen LogP contribution in [0.4, 0.5) is 0 Å². The summed E-state index contributed by atoms with van der Waals surface area (Å²) in [6.45, 7) is 2.61. The largest absolute Gasteiger partial charge is 0.469 e. The van der Waals surface area contributed by atoms with Crippen LogP contribution in [-0.4, -0.2) is 30.3 Å². The van der Waals surface area contributed by atoms with Crippen LogP contribution in [0.2, 0.25) is 5.02 Å². The lowest BCUT2D eigenvalue weighted by molar-refractivity contribution is -0.144. The van der Waals surface area contributed by atoms with E-state index in [2.05, 4.69) is 9.98 Å².